The van der Waals surface area contributed by atoms with Gasteiger partial charge in [-0.1, -0.05) is 0 Å². The maximum absolute atomic E-state index is 14.8. The molecule has 1 aromatic heterocycles. The second-order valence-corrected chi connectivity index (χ2v) is 7.52. The minimum Gasteiger partial charge on any atom is -0.382 e. The molecule has 3 rings (SSSR count). The van der Waals surface area contributed by atoms with Crippen LogP contribution in [0.1, 0.15) is 26.5 Å². The summed E-state index contributed by atoms with van der Waals surface area (Å²) in [5.41, 5.74) is 6.80. The van der Waals surface area contributed by atoms with E-state index in [2.05, 4.69) is 16.8 Å². The lowest BCUT2D eigenvalue weighted by Gasteiger charge is -2.45. The number of rotatable bonds is 4. The van der Waals surface area contributed by atoms with Crippen LogP contribution in [0.4, 0.5) is 10.1 Å². The van der Waals surface area contributed by atoms with E-state index in [-0.39, 0.29) is 29.9 Å². The van der Waals surface area contributed by atoms with Gasteiger partial charge in [0.25, 0.3) is 5.91 Å². The number of aliphatic imine (C=N–C) groups is 1. The maximum Gasteiger partial charge on any atom is 0.252 e. The molecule has 2 amide bonds. The highest BCUT2D eigenvalue weighted by Crippen LogP contribution is 2.33. The molecule has 2 N–H and O–H groups in total. The smallest absolute Gasteiger partial charge is 0.252 e. The third-order valence-corrected chi connectivity index (χ3v) is 5.40. The molecule has 0 spiro atoms. The van der Waals surface area contributed by atoms with Gasteiger partial charge in [0, 0.05) is 39.3 Å². The number of benzene rings is 1. The summed E-state index contributed by atoms with van der Waals surface area (Å²) in [6, 6.07) is 8.01. The van der Waals surface area contributed by atoms with Crippen LogP contribution in [0.5, 0.6) is 0 Å². The van der Waals surface area contributed by atoms with E-state index < -0.39 is 11.4 Å². The predicted octanol–water partition coefficient (Wildman–Crippen LogP) is 2.07. The van der Waals surface area contributed by atoms with E-state index in [1.807, 2.05) is 0 Å². The molecule has 0 unspecified atom stereocenters. The minimum atomic E-state index is -1.07. The number of aromatic nitrogens is 1. The molecule has 1 saturated heterocycles. The lowest BCUT2D eigenvalue weighted by atomic mass is 9.96. The minimum absolute atomic E-state index is 0.143. The summed E-state index contributed by atoms with van der Waals surface area (Å²) in [7, 11) is 1.57. The molecular weight excluding hydrogens is 387 g/mol. The summed E-state index contributed by atoms with van der Waals surface area (Å²) >= 11 is 0. The fourth-order valence-electron chi connectivity index (χ4n) is 3.79. The van der Waals surface area contributed by atoms with Crippen LogP contribution in [0.15, 0.2) is 40.4 Å². The van der Waals surface area contributed by atoms with Gasteiger partial charge in [0.05, 0.1) is 11.4 Å². The zero-order valence-corrected chi connectivity index (χ0v) is 17.5. The Labute approximate surface area is 174 Å². The number of amides is 2. The van der Waals surface area contributed by atoms with Crippen molar-refractivity contribution in [2.45, 2.75) is 26.3 Å². The van der Waals surface area contributed by atoms with Gasteiger partial charge in [-0.25, -0.2) is 9.07 Å². The highest BCUT2D eigenvalue weighted by Gasteiger charge is 2.44. The van der Waals surface area contributed by atoms with E-state index in [0.717, 1.165) is 0 Å². The van der Waals surface area contributed by atoms with Crippen LogP contribution in [0, 0.1) is 5.82 Å². The van der Waals surface area contributed by atoms with Crippen LogP contribution in [0.3, 0.4) is 0 Å². The van der Waals surface area contributed by atoms with Crippen molar-refractivity contribution in [1.82, 2.24) is 9.58 Å². The van der Waals surface area contributed by atoms with Crippen molar-refractivity contribution in [2.24, 2.45) is 15.8 Å². The van der Waals surface area contributed by atoms with E-state index in [0.29, 0.717) is 23.5 Å². The molecule has 8 nitrogen and oxygen atoms in total. The average Bonchev–Trinajstić information content (AvgIpc) is 3.13. The maximum atomic E-state index is 14.8. The Morgan fingerprint density at radius 3 is 2.53 bits per heavy atom. The van der Waals surface area contributed by atoms with Crippen molar-refractivity contribution in [3.63, 3.8) is 0 Å². The number of piperazine rings is 1. The Balaban J connectivity index is 2.06. The SMILES string of the molecule is C=Nn1c(C(N)=NC)ccc1-c1ccc(F)c(N2CCN(C(C)=O)C(C)(C)C2=O)c1. The van der Waals surface area contributed by atoms with E-state index >= 15 is 0 Å². The summed E-state index contributed by atoms with van der Waals surface area (Å²) in [6.07, 6.45) is 0. The standard InChI is InChI=1S/C21H25FN6O2/c1-13(29)27-11-10-26(20(30)21(27,2)3)18-12-14(6-7-15(18)22)16-8-9-17(19(23)24-4)28(16)25-5/h6-9,12H,5,10-11H2,1-4H3,(H2,23,24). The van der Waals surface area contributed by atoms with E-state index in [9.17, 15) is 14.0 Å². The van der Waals surface area contributed by atoms with Crippen molar-refractivity contribution < 1.29 is 14.0 Å². The Bertz CT molecular complexity index is 1060. The number of carbonyl (C=O) groups is 2. The quantitative estimate of drug-likeness (QED) is 0.615. The van der Waals surface area contributed by atoms with Gasteiger partial charge >= 0.3 is 0 Å². The first-order valence-electron chi connectivity index (χ1n) is 9.45. The molecule has 0 bridgehead atoms. The summed E-state index contributed by atoms with van der Waals surface area (Å²) in [6.45, 7) is 8.84. The molecule has 0 radical (unpaired) electrons. The summed E-state index contributed by atoms with van der Waals surface area (Å²) in [5.74, 6) is -0.785. The number of halogens is 1. The topological polar surface area (TPSA) is 96.3 Å². The van der Waals surface area contributed by atoms with Crippen molar-refractivity contribution in [2.75, 3.05) is 25.0 Å². The molecule has 30 heavy (non-hydrogen) atoms. The molecule has 1 aliphatic heterocycles. The summed E-state index contributed by atoms with van der Waals surface area (Å²) < 4.78 is 16.3. The lowest BCUT2D eigenvalue weighted by Crippen LogP contribution is -2.64. The second kappa shape index (κ2) is 7.74. The molecule has 1 fully saturated rings. The molecule has 158 valence electrons. The van der Waals surface area contributed by atoms with E-state index in [4.69, 9.17) is 5.73 Å². The van der Waals surface area contributed by atoms with Gasteiger partial charge in [-0.15, -0.1) is 0 Å². The average molecular weight is 412 g/mol. The number of nitrogens with zero attached hydrogens (tertiary/aromatic N) is 5. The molecule has 2 aromatic rings. The summed E-state index contributed by atoms with van der Waals surface area (Å²) in [4.78, 5) is 31.9. The number of hydrogen-bond donors (Lipinski definition) is 1. The third-order valence-electron chi connectivity index (χ3n) is 5.40. The number of carbonyl (C=O) groups excluding carboxylic acids is 2. The molecule has 1 aromatic carbocycles. The molecule has 1 aliphatic rings. The highest BCUT2D eigenvalue weighted by atomic mass is 19.1. The molecule has 0 atom stereocenters. The van der Waals surface area contributed by atoms with Gasteiger partial charge in [-0.05, 0) is 44.2 Å². The lowest BCUT2D eigenvalue weighted by molar-refractivity contribution is -0.145. The van der Waals surface area contributed by atoms with Gasteiger partial charge in [0.15, 0.2) is 0 Å². The Morgan fingerprint density at radius 1 is 1.23 bits per heavy atom. The Hall–Kier alpha value is -3.49. The van der Waals surface area contributed by atoms with Crippen LogP contribution in [-0.4, -0.2) is 59.6 Å². The van der Waals surface area contributed by atoms with Crippen LogP contribution >= 0.6 is 0 Å². The summed E-state index contributed by atoms with van der Waals surface area (Å²) in [5, 5.41) is 4.00. The van der Waals surface area contributed by atoms with Crippen molar-refractivity contribution in [3.8, 4) is 11.3 Å². The fraction of sp³-hybridized carbons (Fsp3) is 0.333. The van der Waals surface area contributed by atoms with Crippen LogP contribution < -0.4 is 10.6 Å². The highest BCUT2D eigenvalue weighted by molar-refractivity contribution is 6.03. The van der Waals surface area contributed by atoms with Crippen LogP contribution in [-0.2, 0) is 9.59 Å². The second-order valence-electron chi connectivity index (χ2n) is 7.52. The molecule has 9 heteroatoms. The largest absolute Gasteiger partial charge is 0.382 e. The first-order chi connectivity index (χ1) is 14.1. The van der Waals surface area contributed by atoms with Crippen molar-refractivity contribution >= 4 is 30.1 Å². The van der Waals surface area contributed by atoms with E-state index in [1.165, 1.54) is 27.5 Å². The fourth-order valence-corrected chi connectivity index (χ4v) is 3.79. The third kappa shape index (κ3) is 3.36. The normalized spacial score (nSPS) is 16.7. The van der Waals surface area contributed by atoms with Gasteiger partial charge < -0.3 is 15.5 Å². The Kier molecular flexibility index (Phi) is 5.47. The monoisotopic (exact) mass is 412 g/mol. The number of hydrogen-bond acceptors (Lipinski definition) is 4. The van der Waals surface area contributed by atoms with Gasteiger partial charge in [-0.3, -0.25) is 14.6 Å². The van der Waals surface area contributed by atoms with Crippen LogP contribution in [0.2, 0.25) is 0 Å². The van der Waals surface area contributed by atoms with Crippen molar-refractivity contribution in [1.29, 1.82) is 0 Å². The van der Waals surface area contributed by atoms with Crippen LogP contribution in [0.25, 0.3) is 11.3 Å². The van der Waals surface area contributed by atoms with Gasteiger partial charge in [-0.2, -0.15) is 5.10 Å². The van der Waals surface area contributed by atoms with Gasteiger partial charge in [0.1, 0.15) is 22.9 Å². The van der Waals surface area contributed by atoms with Gasteiger partial charge in [0.2, 0.25) is 5.91 Å². The molecule has 0 aliphatic carbocycles. The number of amidine groups is 1. The molecule has 0 saturated carbocycles. The molecule has 2 heterocycles. The Morgan fingerprint density at radius 2 is 1.93 bits per heavy atom. The first kappa shape index (κ1) is 21.2. The number of anilines is 1. The zero-order valence-electron chi connectivity index (χ0n) is 17.5. The first-order valence-corrected chi connectivity index (χ1v) is 9.45. The molecular formula is C21H25FN6O2. The zero-order chi connectivity index (χ0) is 22.2. The van der Waals surface area contributed by atoms with E-state index in [1.54, 1.807) is 45.2 Å². The predicted molar refractivity (Wildman–Crippen MR) is 115 cm³/mol. The van der Waals surface area contributed by atoms with Crippen molar-refractivity contribution in [3.05, 3.63) is 41.8 Å². The number of nitrogens with two attached hydrogens (primary N) is 1.